The molecule has 0 saturated heterocycles. The Balaban J connectivity index is 0.00000225. The van der Waals surface area contributed by atoms with Crippen LogP contribution >= 0.6 is 35.3 Å². The fourth-order valence-electron chi connectivity index (χ4n) is 2.55. The third kappa shape index (κ3) is 5.37. The SMILES string of the molecule is CN=C(NCCc1cccc2cccnc12)NCc1ncc(C)s1.I. The lowest BCUT2D eigenvalue weighted by Gasteiger charge is -2.11. The van der Waals surface area contributed by atoms with E-state index in [-0.39, 0.29) is 24.0 Å². The fraction of sp³-hybridized carbons (Fsp3) is 0.278. The summed E-state index contributed by atoms with van der Waals surface area (Å²) in [6.07, 6.45) is 4.63. The van der Waals surface area contributed by atoms with Gasteiger partial charge in [0.15, 0.2) is 5.96 Å². The average Bonchev–Trinajstić information content (AvgIpc) is 3.03. The molecule has 0 atom stereocenters. The summed E-state index contributed by atoms with van der Waals surface area (Å²) in [4.78, 5) is 14.3. The van der Waals surface area contributed by atoms with E-state index in [4.69, 9.17) is 0 Å². The number of nitrogens with one attached hydrogen (secondary N) is 2. The Labute approximate surface area is 169 Å². The van der Waals surface area contributed by atoms with Gasteiger partial charge < -0.3 is 10.6 Å². The molecule has 0 bridgehead atoms. The van der Waals surface area contributed by atoms with Gasteiger partial charge in [-0.1, -0.05) is 24.3 Å². The van der Waals surface area contributed by atoms with Gasteiger partial charge in [-0.2, -0.15) is 0 Å². The van der Waals surface area contributed by atoms with Crippen molar-refractivity contribution < 1.29 is 0 Å². The number of aromatic nitrogens is 2. The Hall–Kier alpha value is -1.74. The van der Waals surface area contributed by atoms with Gasteiger partial charge in [0.1, 0.15) is 5.01 Å². The molecule has 0 spiro atoms. The summed E-state index contributed by atoms with van der Waals surface area (Å²) < 4.78 is 0. The molecule has 5 nitrogen and oxygen atoms in total. The predicted molar refractivity (Wildman–Crippen MR) is 116 cm³/mol. The molecule has 132 valence electrons. The van der Waals surface area contributed by atoms with E-state index in [0.717, 1.165) is 29.4 Å². The largest absolute Gasteiger partial charge is 0.356 e. The van der Waals surface area contributed by atoms with Crippen LogP contribution in [-0.2, 0) is 13.0 Å². The van der Waals surface area contributed by atoms with Crippen LogP contribution in [0.1, 0.15) is 15.4 Å². The smallest absolute Gasteiger partial charge is 0.191 e. The molecule has 7 heteroatoms. The summed E-state index contributed by atoms with van der Waals surface area (Å²) in [5.74, 6) is 0.788. The molecule has 0 radical (unpaired) electrons. The van der Waals surface area contributed by atoms with Crippen LogP contribution in [0.5, 0.6) is 0 Å². The van der Waals surface area contributed by atoms with Crippen molar-refractivity contribution in [2.75, 3.05) is 13.6 Å². The maximum atomic E-state index is 4.50. The number of fused-ring (bicyclic) bond motifs is 1. The third-order valence-electron chi connectivity index (χ3n) is 3.70. The molecule has 2 heterocycles. The van der Waals surface area contributed by atoms with Crippen LogP contribution in [0.25, 0.3) is 10.9 Å². The Morgan fingerprint density at radius 2 is 2.00 bits per heavy atom. The second-order valence-electron chi connectivity index (χ2n) is 5.46. The Bertz CT molecular complexity index is 841. The quantitative estimate of drug-likeness (QED) is 0.343. The summed E-state index contributed by atoms with van der Waals surface area (Å²) in [5, 5.41) is 8.88. The van der Waals surface area contributed by atoms with Crippen LogP contribution in [-0.4, -0.2) is 29.5 Å². The number of aryl methyl sites for hydroxylation is 1. The van der Waals surface area contributed by atoms with Gasteiger partial charge in [-0.3, -0.25) is 9.98 Å². The molecule has 2 aromatic heterocycles. The number of nitrogens with zero attached hydrogens (tertiary/aromatic N) is 3. The van der Waals surface area contributed by atoms with Gasteiger partial charge in [-0.05, 0) is 25.0 Å². The maximum absolute atomic E-state index is 4.50. The second-order valence-corrected chi connectivity index (χ2v) is 6.78. The van der Waals surface area contributed by atoms with Crippen LogP contribution < -0.4 is 10.6 Å². The number of benzene rings is 1. The summed E-state index contributed by atoms with van der Waals surface area (Å²) in [7, 11) is 1.78. The molecule has 0 aliphatic heterocycles. The maximum Gasteiger partial charge on any atom is 0.191 e. The monoisotopic (exact) mass is 467 g/mol. The van der Waals surface area contributed by atoms with Gasteiger partial charge in [0.25, 0.3) is 0 Å². The molecular weight excluding hydrogens is 445 g/mol. The molecule has 25 heavy (non-hydrogen) atoms. The minimum absolute atomic E-state index is 0. The van der Waals surface area contributed by atoms with Crippen LogP contribution in [0.3, 0.4) is 0 Å². The van der Waals surface area contributed by atoms with Crippen molar-refractivity contribution in [1.82, 2.24) is 20.6 Å². The Kier molecular flexibility index (Phi) is 7.57. The molecule has 3 aromatic rings. The number of hydrogen-bond donors (Lipinski definition) is 2. The fourth-order valence-corrected chi connectivity index (χ4v) is 3.27. The van der Waals surface area contributed by atoms with Crippen LogP contribution in [0.2, 0.25) is 0 Å². The number of para-hydroxylation sites is 1. The van der Waals surface area contributed by atoms with E-state index in [1.807, 2.05) is 18.5 Å². The highest BCUT2D eigenvalue weighted by molar-refractivity contribution is 14.0. The minimum Gasteiger partial charge on any atom is -0.356 e. The molecule has 0 aliphatic rings. The van der Waals surface area contributed by atoms with Gasteiger partial charge in [0.2, 0.25) is 0 Å². The van der Waals surface area contributed by atoms with Crippen molar-refractivity contribution in [3.8, 4) is 0 Å². The van der Waals surface area contributed by atoms with Crippen LogP contribution in [0.15, 0.2) is 47.7 Å². The summed E-state index contributed by atoms with van der Waals surface area (Å²) in [6, 6.07) is 10.4. The van der Waals surface area contributed by atoms with Crippen molar-refractivity contribution >= 4 is 52.2 Å². The normalized spacial score (nSPS) is 11.2. The van der Waals surface area contributed by atoms with Crippen molar-refractivity contribution in [3.05, 3.63) is 58.2 Å². The van der Waals surface area contributed by atoms with E-state index in [2.05, 4.69) is 56.8 Å². The second kappa shape index (κ2) is 9.67. The number of thiazole rings is 1. The third-order valence-corrected chi connectivity index (χ3v) is 4.62. The molecule has 2 N–H and O–H groups in total. The van der Waals surface area contributed by atoms with Gasteiger partial charge in [0, 0.05) is 36.2 Å². The topological polar surface area (TPSA) is 62.2 Å². The lowest BCUT2D eigenvalue weighted by Crippen LogP contribution is -2.37. The van der Waals surface area contributed by atoms with E-state index in [1.165, 1.54) is 15.8 Å². The molecule has 0 fully saturated rings. The first kappa shape index (κ1) is 19.6. The molecular formula is C18H22IN5S. The summed E-state index contributed by atoms with van der Waals surface area (Å²) >= 11 is 1.70. The molecule has 0 amide bonds. The number of hydrogen-bond acceptors (Lipinski definition) is 4. The summed E-state index contributed by atoms with van der Waals surface area (Å²) in [5.41, 5.74) is 2.31. The van der Waals surface area contributed by atoms with E-state index in [0.29, 0.717) is 6.54 Å². The standard InChI is InChI=1S/C18H21N5S.HI/c1-13-11-22-16(24-13)12-23-18(19-2)21-10-8-15-6-3-5-14-7-4-9-20-17(14)15;/h3-7,9,11H,8,10,12H2,1-2H3,(H2,19,21,23);1H. The molecule has 3 rings (SSSR count). The van der Waals surface area contributed by atoms with E-state index in [9.17, 15) is 0 Å². The molecule has 0 saturated carbocycles. The molecule has 0 aliphatic carbocycles. The minimum atomic E-state index is 0. The predicted octanol–water partition coefficient (Wildman–Crippen LogP) is 3.53. The number of pyridine rings is 1. The first-order valence-corrected chi connectivity index (χ1v) is 8.76. The highest BCUT2D eigenvalue weighted by Crippen LogP contribution is 2.16. The van der Waals surface area contributed by atoms with Gasteiger partial charge in [0.05, 0.1) is 12.1 Å². The van der Waals surface area contributed by atoms with Gasteiger partial charge in [-0.25, -0.2) is 4.98 Å². The number of halogens is 1. The Morgan fingerprint density at radius 1 is 1.16 bits per heavy atom. The van der Waals surface area contributed by atoms with Crippen LogP contribution in [0.4, 0.5) is 0 Å². The highest BCUT2D eigenvalue weighted by atomic mass is 127. The molecule has 0 unspecified atom stereocenters. The molecule has 1 aromatic carbocycles. The van der Waals surface area contributed by atoms with Crippen molar-refractivity contribution in [3.63, 3.8) is 0 Å². The highest BCUT2D eigenvalue weighted by Gasteiger charge is 2.04. The number of guanidine groups is 1. The van der Waals surface area contributed by atoms with E-state index in [1.54, 1.807) is 18.4 Å². The Morgan fingerprint density at radius 3 is 2.76 bits per heavy atom. The zero-order valence-corrected chi connectivity index (χ0v) is 17.5. The van der Waals surface area contributed by atoms with Crippen molar-refractivity contribution in [1.29, 1.82) is 0 Å². The zero-order chi connectivity index (χ0) is 16.8. The van der Waals surface area contributed by atoms with Crippen LogP contribution in [0, 0.1) is 6.92 Å². The van der Waals surface area contributed by atoms with Crippen molar-refractivity contribution in [2.24, 2.45) is 4.99 Å². The lowest BCUT2D eigenvalue weighted by atomic mass is 10.1. The average molecular weight is 467 g/mol. The van der Waals surface area contributed by atoms with Gasteiger partial charge in [-0.15, -0.1) is 35.3 Å². The zero-order valence-electron chi connectivity index (χ0n) is 14.3. The van der Waals surface area contributed by atoms with E-state index < -0.39 is 0 Å². The first-order chi connectivity index (χ1) is 11.8. The van der Waals surface area contributed by atoms with Gasteiger partial charge >= 0.3 is 0 Å². The lowest BCUT2D eigenvalue weighted by molar-refractivity contribution is 0.793. The number of rotatable bonds is 5. The first-order valence-electron chi connectivity index (χ1n) is 7.94. The number of aliphatic imine (C=N–C) groups is 1. The van der Waals surface area contributed by atoms with Crippen molar-refractivity contribution in [2.45, 2.75) is 19.9 Å². The summed E-state index contributed by atoms with van der Waals surface area (Å²) in [6.45, 7) is 3.55. The van der Waals surface area contributed by atoms with E-state index >= 15 is 0 Å².